The molecule has 1 aromatic rings. The topological polar surface area (TPSA) is 33.1 Å². The summed E-state index contributed by atoms with van der Waals surface area (Å²) in [5, 5.41) is 7.92. The molecule has 2 atom stereocenters. The van der Waals surface area contributed by atoms with Crippen molar-refractivity contribution in [2.45, 2.75) is 46.3 Å². The van der Waals surface area contributed by atoms with Crippen LogP contribution in [0.25, 0.3) is 0 Å². The number of nitrogens with one attached hydrogen (secondary N) is 1. The molecule has 1 heterocycles. The molecule has 0 spiro atoms. The number of aromatic nitrogens is 2. The molecule has 0 aliphatic carbocycles. The molecule has 104 valence electrons. The van der Waals surface area contributed by atoms with Gasteiger partial charge in [0.1, 0.15) is 0 Å². The molecule has 1 aromatic heterocycles. The quantitative estimate of drug-likeness (QED) is 0.807. The summed E-state index contributed by atoms with van der Waals surface area (Å²) in [7, 11) is 4.29. The fourth-order valence-electron chi connectivity index (χ4n) is 2.21. The molecular formula is C14H28N4. The zero-order valence-electron chi connectivity index (χ0n) is 12.6. The van der Waals surface area contributed by atoms with Gasteiger partial charge in [-0.2, -0.15) is 5.10 Å². The molecule has 0 saturated carbocycles. The van der Waals surface area contributed by atoms with Crippen LogP contribution < -0.4 is 5.32 Å². The van der Waals surface area contributed by atoms with Gasteiger partial charge in [-0.15, -0.1) is 0 Å². The highest BCUT2D eigenvalue weighted by Gasteiger charge is 2.17. The molecule has 0 aliphatic heterocycles. The van der Waals surface area contributed by atoms with Crippen LogP contribution in [-0.2, 0) is 6.54 Å². The maximum atomic E-state index is 4.32. The zero-order chi connectivity index (χ0) is 13.7. The average Bonchev–Trinajstić information content (AvgIpc) is 2.76. The van der Waals surface area contributed by atoms with Crippen LogP contribution in [0.2, 0.25) is 0 Å². The van der Waals surface area contributed by atoms with Crippen molar-refractivity contribution in [3.8, 4) is 0 Å². The molecule has 4 nitrogen and oxygen atoms in total. The fraction of sp³-hybridized carbons (Fsp3) is 0.786. The van der Waals surface area contributed by atoms with Gasteiger partial charge in [0.15, 0.2) is 0 Å². The highest BCUT2D eigenvalue weighted by Crippen LogP contribution is 2.13. The highest BCUT2D eigenvalue weighted by molar-refractivity contribution is 5.09. The molecule has 18 heavy (non-hydrogen) atoms. The number of aryl methyl sites for hydroxylation is 1. The maximum Gasteiger partial charge on any atom is 0.0537 e. The minimum atomic E-state index is 0.353. The van der Waals surface area contributed by atoms with Crippen molar-refractivity contribution >= 4 is 0 Å². The Labute approximate surface area is 111 Å². The van der Waals surface area contributed by atoms with E-state index in [1.165, 1.54) is 5.56 Å². The van der Waals surface area contributed by atoms with Gasteiger partial charge in [-0.05, 0) is 33.9 Å². The molecule has 0 aliphatic rings. The van der Waals surface area contributed by atoms with Crippen molar-refractivity contribution in [2.24, 2.45) is 5.92 Å². The van der Waals surface area contributed by atoms with Gasteiger partial charge in [0.2, 0.25) is 0 Å². The number of likely N-dealkylation sites (N-methyl/N-ethyl adjacent to an activating group) is 1. The molecule has 4 heteroatoms. The Bertz CT molecular complexity index is 335. The van der Waals surface area contributed by atoms with Crippen LogP contribution in [0, 0.1) is 5.92 Å². The van der Waals surface area contributed by atoms with Gasteiger partial charge in [0.05, 0.1) is 6.20 Å². The molecule has 0 amide bonds. The van der Waals surface area contributed by atoms with Crippen LogP contribution >= 0.6 is 0 Å². The van der Waals surface area contributed by atoms with Crippen LogP contribution in [0.3, 0.4) is 0 Å². The van der Waals surface area contributed by atoms with E-state index in [0.717, 1.165) is 13.1 Å². The largest absolute Gasteiger partial charge is 0.309 e. The molecule has 0 aromatic carbocycles. The lowest BCUT2D eigenvalue weighted by molar-refractivity contribution is 0.220. The van der Waals surface area contributed by atoms with E-state index in [9.17, 15) is 0 Å². The molecule has 0 fully saturated rings. The van der Waals surface area contributed by atoms with Crippen LogP contribution in [-0.4, -0.2) is 41.4 Å². The zero-order valence-corrected chi connectivity index (χ0v) is 12.6. The lowest BCUT2D eigenvalue weighted by atomic mass is 10.0. The van der Waals surface area contributed by atoms with Gasteiger partial charge >= 0.3 is 0 Å². The van der Waals surface area contributed by atoms with Gasteiger partial charge in [-0.1, -0.05) is 13.8 Å². The Morgan fingerprint density at radius 2 is 2.00 bits per heavy atom. The molecular weight excluding hydrogens is 224 g/mol. The smallest absolute Gasteiger partial charge is 0.0537 e. The summed E-state index contributed by atoms with van der Waals surface area (Å²) in [6, 6.07) is 0.917. The Hall–Kier alpha value is -0.870. The third-order valence-corrected chi connectivity index (χ3v) is 3.54. The summed E-state index contributed by atoms with van der Waals surface area (Å²) in [4.78, 5) is 2.29. The van der Waals surface area contributed by atoms with Gasteiger partial charge < -0.3 is 10.2 Å². The molecule has 0 radical (unpaired) electrons. The summed E-state index contributed by atoms with van der Waals surface area (Å²) in [5.41, 5.74) is 1.26. The van der Waals surface area contributed by atoms with E-state index in [1.807, 2.05) is 10.9 Å². The van der Waals surface area contributed by atoms with Crippen molar-refractivity contribution in [1.82, 2.24) is 20.0 Å². The van der Waals surface area contributed by atoms with Crippen molar-refractivity contribution in [2.75, 3.05) is 20.6 Å². The Morgan fingerprint density at radius 3 is 2.44 bits per heavy atom. The van der Waals surface area contributed by atoms with Crippen molar-refractivity contribution in [1.29, 1.82) is 0 Å². The standard InChI is InChI=1S/C14H28N4/c1-7-18-10-13(8-16-18)12(4)15-9-14(11(2)3)17(5)6/h8,10-12,14-15H,7,9H2,1-6H3. The van der Waals surface area contributed by atoms with E-state index in [4.69, 9.17) is 0 Å². The average molecular weight is 252 g/mol. The van der Waals surface area contributed by atoms with Gasteiger partial charge in [-0.3, -0.25) is 4.68 Å². The van der Waals surface area contributed by atoms with E-state index in [1.54, 1.807) is 0 Å². The Balaban J connectivity index is 2.51. The van der Waals surface area contributed by atoms with Gasteiger partial charge in [-0.25, -0.2) is 0 Å². The first-order valence-corrected chi connectivity index (χ1v) is 6.87. The van der Waals surface area contributed by atoms with Gasteiger partial charge in [0, 0.05) is 36.9 Å². The number of hydrogen-bond acceptors (Lipinski definition) is 3. The van der Waals surface area contributed by atoms with E-state index in [0.29, 0.717) is 18.0 Å². The third kappa shape index (κ3) is 4.10. The van der Waals surface area contributed by atoms with Crippen molar-refractivity contribution in [3.63, 3.8) is 0 Å². The Kier molecular flexibility index (Phi) is 5.82. The fourth-order valence-corrected chi connectivity index (χ4v) is 2.21. The summed E-state index contributed by atoms with van der Waals surface area (Å²) in [5.74, 6) is 0.651. The minimum absolute atomic E-state index is 0.353. The van der Waals surface area contributed by atoms with Crippen LogP contribution in [0.5, 0.6) is 0 Å². The van der Waals surface area contributed by atoms with E-state index >= 15 is 0 Å². The lowest BCUT2D eigenvalue weighted by Crippen LogP contribution is -2.42. The SMILES string of the molecule is CCn1cc(C(C)NCC(C(C)C)N(C)C)cn1. The molecule has 2 unspecified atom stereocenters. The molecule has 0 bridgehead atoms. The van der Waals surface area contributed by atoms with E-state index < -0.39 is 0 Å². The number of nitrogens with zero attached hydrogens (tertiary/aromatic N) is 3. The third-order valence-electron chi connectivity index (χ3n) is 3.54. The Morgan fingerprint density at radius 1 is 1.33 bits per heavy atom. The predicted octanol–water partition coefficient (Wildman–Crippen LogP) is 2.14. The first-order valence-electron chi connectivity index (χ1n) is 6.87. The lowest BCUT2D eigenvalue weighted by Gasteiger charge is -2.29. The summed E-state index contributed by atoms with van der Waals surface area (Å²) < 4.78 is 1.97. The van der Waals surface area contributed by atoms with Crippen LogP contribution in [0.1, 0.15) is 39.3 Å². The summed E-state index contributed by atoms with van der Waals surface area (Å²) in [6.07, 6.45) is 4.08. The van der Waals surface area contributed by atoms with E-state index in [-0.39, 0.29) is 0 Å². The normalized spacial score (nSPS) is 15.3. The second kappa shape index (κ2) is 6.90. The van der Waals surface area contributed by atoms with Gasteiger partial charge in [0.25, 0.3) is 0 Å². The first kappa shape index (κ1) is 15.2. The molecule has 0 saturated heterocycles. The van der Waals surface area contributed by atoms with Crippen molar-refractivity contribution in [3.05, 3.63) is 18.0 Å². The number of hydrogen-bond donors (Lipinski definition) is 1. The van der Waals surface area contributed by atoms with E-state index in [2.05, 4.69) is 63.3 Å². The second-order valence-corrected chi connectivity index (χ2v) is 5.53. The monoisotopic (exact) mass is 252 g/mol. The van der Waals surface area contributed by atoms with Crippen LogP contribution in [0.15, 0.2) is 12.4 Å². The molecule has 1 rings (SSSR count). The number of rotatable bonds is 7. The predicted molar refractivity (Wildman–Crippen MR) is 76.6 cm³/mol. The van der Waals surface area contributed by atoms with Crippen molar-refractivity contribution < 1.29 is 0 Å². The summed E-state index contributed by atoms with van der Waals surface area (Å²) >= 11 is 0. The van der Waals surface area contributed by atoms with Crippen LogP contribution in [0.4, 0.5) is 0 Å². The second-order valence-electron chi connectivity index (χ2n) is 5.53. The summed E-state index contributed by atoms with van der Waals surface area (Å²) in [6.45, 7) is 10.8. The molecule has 1 N–H and O–H groups in total. The highest BCUT2D eigenvalue weighted by atomic mass is 15.3. The minimum Gasteiger partial charge on any atom is -0.309 e. The maximum absolute atomic E-state index is 4.32. The first-order chi connectivity index (χ1) is 8.45.